The lowest BCUT2D eigenvalue weighted by molar-refractivity contribution is 0.0636. The molecule has 124 valence electrons. The van der Waals surface area contributed by atoms with Gasteiger partial charge in [0.1, 0.15) is 5.60 Å². The number of hydrogen-bond donors (Lipinski definition) is 1. The molecule has 0 aliphatic heterocycles. The molecule has 1 aliphatic carbocycles. The molecule has 1 aliphatic rings. The molecule has 0 aromatic heterocycles. The second kappa shape index (κ2) is 6.16. The average Bonchev–Trinajstić information content (AvgIpc) is 2.83. The predicted molar refractivity (Wildman–Crippen MR) is 98.2 cm³/mol. The fourth-order valence-electron chi connectivity index (χ4n) is 3.11. The fraction of sp³-hybridized carbons (Fsp3) is 0.286. The zero-order chi connectivity index (χ0) is 17.3. The van der Waals surface area contributed by atoms with E-state index in [0.717, 1.165) is 11.3 Å². The zero-order valence-corrected chi connectivity index (χ0v) is 14.6. The van der Waals surface area contributed by atoms with Crippen molar-refractivity contribution in [3.05, 3.63) is 71.3 Å². The van der Waals surface area contributed by atoms with Crippen molar-refractivity contribution in [3.8, 4) is 0 Å². The highest BCUT2D eigenvalue weighted by molar-refractivity contribution is 5.87. The van der Waals surface area contributed by atoms with Crippen LogP contribution in [0.2, 0.25) is 0 Å². The van der Waals surface area contributed by atoms with Crippen LogP contribution in [0.1, 0.15) is 50.3 Å². The number of carbonyl (C=O) groups is 1. The largest absolute Gasteiger partial charge is 0.444 e. The Morgan fingerprint density at radius 3 is 2.33 bits per heavy atom. The molecule has 0 heterocycles. The van der Waals surface area contributed by atoms with Crippen molar-refractivity contribution in [1.82, 2.24) is 0 Å². The fourth-order valence-corrected chi connectivity index (χ4v) is 3.11. The van der Waals surface area contributed by atoms with Gasteiger partial charge in [0.2, 0.25) is 0 Å². The number of anilines is 1. The quantitative estimate of drug-likeness (QED) is 0.784. The van der Waals surface area contributed by atoms with E-state index in [2.05, 4.69) is 48.6 Å². The number of benzene rings is 2. The number of carbonyl (C=O) groups excluding carboxylic acids is 1. The minimum atomic E-state index is -0.518. The van der Waals surface area contributed by atoms with Crippen LogP contribution in [0.5, 0.6) is 0 Å². The van der Waals surface area contributed by atoms with Crippen LogP contribution in [-0.4, -0.2) is 11.7 Å². The molecular formula is C21H23NO2. The molecule has 0 radical (unpaired) electrons. The smallest absolute Gasteiger partial charge is 0.412 e. The highest BCUT2D eigenvalue weighted by atomic mass is 16.6. The van der Waals surface area contributed by atoms with Gasteiger partial charge in [-0.3, -0.25) is 5.32 Å². The Kier molecular flexibility index (Phi) is 4.18. The molecule has 24 heavy (non-hydrogen) atoms. The van der Waals surface area contributed by atoms with Gasteiger partial charge >= 0.3 is 6.09 Å². The van der Waals surface area contributed by atoms with Gasteiger partial charge in [0, 0.05) is 11.6 Å². The number of ether oxygens (including phenoxy) is 1. The summed E-state index contributed by atoms with van der Waals surface area (Å²) >= 11 is 0. The normalized spacial score (nSPS) is 16.3. The monoisotopic (exact) mass is 321 g/mol. The van der Waals surface area contributed by atoms with Crippen molar-refractivity contribution in [2.24, 2.45) is 0 Å². The Morgan fingerprint density at radius 1 is 1.00 bits per heavy atom. The van der Waals surface area contributed by atoms with Gasteiger partial charge in [-0.05, 0) is 56.0 Å². The van der Waals surface area contributed by atoms with Crippen molar-refractivity contribution in [2.75, 3.05) is 5.32 Å². The number of hydrogen-bond acceptors (Lipinski definition) is 2. The molecule has 2 aromatic carbocycles. The maximum atomic E-state index is 12.2. The van der Waals surface area contributed by atoms with Crippen molar-refractivity contribution < 1.29 is 9.53 Å². The Labute approximate surface area is 143 Å². The summed E-state index contributed by atoms with van der Waals surface area (Å²) in [6, 6.07) is 16.3. The Bertz CT molecular complexity index is 799. The summed E-state index contributed by atoms with van der Waals surface area (Å²) in [6.07, 6.45) is 1.82. The molecular weight excluding hydrogens is 298 g/mol. The molecule has 0 saturated carbocycles. The van der Waals surface area contributed by atoms with Gasteiger partial charge in [0.25, 0.3) is 0 Å². The van der Waals surface area contributed by atoms with Crippen molar-refractivity contribution in [1.29, 1.82) is 0 Å². The minimum Gasteiger partial charge on any atom is -0.444 e. The van der Waals surface area contributed by atoms with Crippen molar-refractivity contribution in [3.63, 3.8) is 0 Å². The van der Waals surface area contributed by atoms with Crippen LogP contribution in [0.4, 0.5) is 10.5 Å². The molecule has 3 heteroatoms. The van der Waals surface area contributed by atoms with Crippen LogP contribution in [-0.2, 0) is 4.74 Å². The summed E-state index contributed by atoms with van der Waals surface area (Å²) in [5.41, 5.74) is 5.16. The van der Waals surface area contributed by atoms with E-state index in [1.807, 2.05) is 39.0 Å². The Balaban J connectivity index is 1.93. The second-order valence-corrected chi connectivity index (χ2v) is 7.13. The van der Waals surface area contributed by atoms with E-state index >= 15 is 0 Å². The highest BCUT2D eigenvalue weighted by Gasteiger charge is 2.25. The molecule has 0 bridgehead atoms. The van der Waals surface area contributed by atoms with E-state index in [1.54, 1.807) is 0 Å². The van der Waals surface area contributed by atoms with Crippen LogP contribution >= 0.6 is 0 Å². The molecule has 0 spiro atoms. The first-order chi connectivity index (χ1) is 11.3. The molecule has 1 amide bonds. The minimum absolute atomic E-state index is 0.146. The van der Waals surface area contributed by atoms with E-state index in [1.165, 1.54) is 16.7 Å². The molecule has 2 aromatic rings. The second-order valence-electron chi connectivity index (χ2n) is 7.13. The topological polar surface area (TPSA) is 38.3 Å². The van der Waals surface area contributed by atoms with Gasteiger partial charge in [0.05, 0.1) is 0 Å². The summed E-state index contributed by atoms with van der Waals surface area (Å²) < 4.78 is 5.38. The van der Waals surface area contributed by atoms with Gasteiger partial charge in [0.15, 0.2) is 0 Å². The van der Waals surface area contributed by atoms with Crippen LogP contribution in [0.25, 0.3) is 5.57 Å². The summed E-state index contributed by atoms with van der Waals surface area (Å²) in [5.74, 6) is 0.146. The van der Waals surface area contributed by atoms with Crippen molar-refractivity contribution >= 4 is 17.4 Å². The van der Waals surface area contributed by atoms with Gasteiger partial charge in [-0.15, -0.1) is 0 Å². The lowest BCUT2D eigenvalue weighted by Gasteiger charge is -2.21. The maximum Gasteiger partial charge on any atom is 0.412 e. The van der Waals surface area contributed by atoms with E-state index in [9.17, 15) is 4.79 Å². The van der Waals surface area contributed by atoms with Crippen LogP contribution in [0.3, 0.4) is 0 Å². The van der Waals surface area contributed by atoms with E-state index in [-0.39, 0.29) is 5.92 Å². The number of nitrogens with one attached hydrogen (secondary N) is 1. The molecule has 3 nitrogen and oxygen atoms in total. The summed E-state index contributed by atoms with van der Waals surface area (Å²) in [6.45, 7) is 7.70. The molecule has 0 saturated heterocycles. The average molecular weight is 321 g/mol. The van der Waals surface area contributed by atoms with Crippen LogP contribution in [0, 0.1) is 0 Å². The Hall–Kier alpha value is -2.55. The number of fused-ring (bicyclic) bond motifs is 1. The zero-order valence-electron chi connectivity index (χ0n) is 14.6. The third-order valence-corrected chi connectivity index (χ3v) is 4.07. The van der Waals surface area contributed by atoms with Gasteiger partial charge in [-0.25, -0.2) is 4.79 Å². The molecule has 1 atom stereocenters. The third-order valence-electron chi connectivity index (χ3n) is 4.07. The number of rotatable bonds is 2. The molecule has 1 unspecified atom stereocenters. The number of amides is 1. The van der Waals surface area contributed by atoms with E-state index < -0.39 is 11.7 Å². The van der Waals surface area contributed by atoms with Gasteiger partial charge < -0.3 is 4.74 Å². The number of para-hydroxylation sites is 1. The molecule has 0 fully saturated rings. The standard InChI is InChI=1S/C21H23NO2/c1-14-13-18(16-10-6-5-9-15(14)16)17-11-7-8-12-19(17)22-20(23)24-21(2,3)4/h5-13,18H,1-4H3,(H,22,23). The third kappa shape index (κ3) is 3.35. The predicted octanol–water partition coefficient (Wildman–Crippen LogP) is 5.58. The highest BCUT2D eigenvalue weighted by Crippen LogP contribution is 2.41. The van der Waals surface area contributed by atoms with Gasteiger partial charge in [-0.2, -0.15) is 0 Å². The lowest BCUT2D eigenvalue weighted by Crippen LogP contribution is -2.27. The SMILES string of the molecule is CC1=CC(c2ccccc2NC(=O)OC(C)(C)C)c2ccccc21. The van der Waals surface area contributed by atoms with E-state index in [4.69, 9.17) is 4.74 Å². The molecule has 1 N–H and O–H groups in total. The lowest BCUT2D eigenvalue weighted by atomic mass is 9.92. The van der Waals surface area contributed by atoms with Crippen LogP contribution in [0.15, 0.2) is 54.6 Å². The van der Waals surface area contributed by atoms with Crippen LogP contribution < -0.4 is 5.32 Å². The molecule has 3 rings (SSSR count). The maximum absolute atomic E-state index is 12.2. The first-order valence-corrected chi connectivity index (χ1v) is 8.22. The van der Waals surface area contributed by atoms with Gasteiger partial charge in [-0.1, -0.05) is 48.5 Å². The number of allylic oxidation sites excluding steroid dienone is 2. The Morgan fingerprint density at radius 2 is 1.62 bits per heavy atom. The van der Waals surface area contributed by atoms with Crippen molar-refractivity contribution in [2.45, 2.75) is 39.2 Å². The first-order valence-electron chi connectivity index (χ1n) is 8.22. The summed E-state index contributed by atoms with van der Waals surface area (Å²) in [4.78, 5) is 12.2. The summed E-state index contributed by atoms with van der Waals surface area (Å²) in [7, 11) is 0. The summed E-state index contributed by atoms with van der Waals surface area (Å²) in [5, 5.41) is 2.90. The first kappa shape index (κ1) is 16.3. The van der Waals surface area contributed by atoms with E-state index in [0.29, 0.717) is 0 Å².